The van der Waals surface area contributed by atoms with Crippen molar-refractivity contribution in [1.82, 2.24) is 0 Å². The van der Waals surface area contributed by atoms with Gasteiger partial charge in [-0.1, -0.05) is 49.4 Å². The summed E-state index contributed by atoms with van der Waals surface area (Å²) in [6, 6.07) is 10.5. The first kappa shape index (κ1) is 17.0. The van der Waals surface area contributed by atoms with Gasteiger partial charge in [0.05, 0.1) is 5.60 Å². The van der Waals surface area contributed by atoms with Crippen LogP contribution >= 0.6 is 0 Å². The van der Waals surface area contributed by atoms with Gasteiger partial charge in [0.1, 0.15) is 5.60 Å². The summed E-state index contributed by atoms with van der Waals surface area (Å²) in [6.45, 7) is 10.2. The Hall–Kier alpha value is -1.42. The third-order valence-corrected chi connectivity index (χ3v) is 7.17. The van der Waals surface area contributed by atoms with Gasteiger partial charge in [0, 0.05) is 19.4 Å². The second-order valence-electron chi connectivity index (χ2n) is 8.01. The van der Waals surface area contributed by atoms with Crippen molar-refractivity contribution in [1.29, 1.82) is 0 Å². The SMILES string of the molecule is C=CC[C@]12O[C@]3(OC)C[C@H]1[C@H](C)[C@@H](c1ccccc1)[C@H]2[C@]3(O)CC=C. The molecule has 0 aromatic heterocycles. The van der Waals surface area contributed by atoms with Gasteiger partial charge in [-0.3, -0.25) is 0 Å². The summed E-state index contributed by atoms with van der Waals surface area (Å²) in [4.78, 5) is 0. The molecular weight excluding hydrogens is 312 g/mol. The van der Waals surface area contributed by atoms with Crippen LogP contribution in [0.3, 0.4) is 0 Å². The molecule has 134 valence electrons. The average molecular weight is 340 g/mol. The van der Waals surface area contributed by atoms with Crippen LogP contribution in [0.5, 0.6) is 0 Å². The fourth-order valence-electron chi connectivity index (χ4n) is 6.39. The summed E-state index contributed by atoms with van der Waals surface area (Å²) in [5, 5.41) is 11.9. The lowest BCUT2D eigenvalue weighted by atomic mass is 9.63. The Labute approximate surface area is 150 Å². The van der Waals surface area contributed by atoms with Crippen molar-refractivity contribution >= 4 is 0 Å². The minimum atomic E-state index is -1.08. The first-order chi connectivity index (χ1) is 12.0. The molecule has 25 heavy (non-hydrogen) atoms. The highest BCUT2D eigenvalue weighted by molar-refractivity contribution is 5.37. The molecule has 1 saturated carbocycles. The van der Waals surface area contributed by atoms with Gasteiger partial charge in [-0.2, -0.15) is 0 Å². The summed E-state index contributed by atoms with van der Waals surface area (Å²) >= 11 is 0. The van der Waals surface area contributed by atoms with E-state index in [0.717, 1.165) is 12.8 Å². The van der Waals surface area contributed by atoms with Crippen LogP contribution in [0.25, 0.3) is 0 Å². The predicted molar refractivity (Wildman–Crippen MR) is 98.1 cm³/mol. The zero-order chi connectivity index (χ0) is 17.9. The van der Waals surface area contributed by atoms with E-state index in [1.807, 2.05) is 12.1 Å². The minimum Gasteiger partial charge on any atom is -0.383 e. The van der Waals surface area contributed by atoms with Crippen molar-refractivity contribution in [2.45, 2.75) is 49.1 Å². The van der Waals surface area contributed by atoms with Crippen molar-refractivity contribution in [2.24, 2.45) is 17.8 Å². The second-order valence-corrected chi connectivity index (χ2v) is 8.01. The lowest BCUT2D eigenvalue weighted by Crippen LogP contribution is -2.58. The lowest BCUT2D eigenvalue weighted by molar-refractivity contribution is -0.268. The highest BCUT2D eigenvalue weighted by Crippen LogP contribution is 2.75. The van der Waals surface area contributed by atoms with Crippen LogP contribution in [-0.4, -0.2) is 29.2 Å². The Balaban J connectivity index is 1.92. The van der Waals surface area contributed by atoms with E-state index in [0.29, 0.717) is 18.3 Å². The topological polar surface area (TPSA) is 38.7 Å². The zero-order valence-corrected chi connectivity index (χ0v) is 15.2. The van der Waals surface area contributed by atoms with Gasteiger partial charge in [-0.15, -0.1) is 13.2 Å². The molecule has 4 rings (SSSR count). The quantitative estimate of drug-likeness (QED) is 0.794. The molecule has 2 bridgehead atoms. The van der Waals surface area contributed by atoms with Crippen LogP contribution in [0, 0.1) is 17.8 Å². The van der Waals surface area contributed by atoms with Gasteiger partial charge in [-0.25, -0.2) is 0 Å². The van der Waals surface area contributed by atoms with Gasteiger partial charge in [0.2, 0.25) is 0 Å². The maximum atomic E-state index is 11.9. The molecule has 3 fully saturated rings. The Morgan fingerprint density at radius 1 is 1.24 bits per heavy atom. The van der Waals surface area contributed by atoms with Crippen molar-refractivity contribution in [2.75, 3.05) is 7.11 Å². The van der Waals surface area contributed by atoms with E-state index in [1.165, 1.54) is 5.56 Å². The molecule has 0 unspecified atom stereocenters. The Kier molecular flexibility index (Phi) is 3.77. The molecule has 1 aliphatic carbocycles. The van der Waals surface area contributed by atoms with Crippen molar-refractivity contribution in [3.05, 3.63) is 61.2 Å². The number of aliphatic hydroxyl groups is 1. The second kappa shape index (κ2) is 5.54. The normalized spacial score (nSPS) is 47.2. The van der Waals surface area contributed by atoms with Crippen molar-refractivity contribution < 1.29 is 14.6 Å². The largest absolute Gasteiger partial charge is 0.383 e. The molecule has 0 radical (unpaired) electrons. The van der Waals surface area contributed by atoms with Crippen LogP contribution in [0.1, 0.15) is 37.7 Å². The van der Waals surface area contributed by atoms with E-state index < -0.39 is 17.0 Å². The van der Waals surface area contributed by atoms with E-state index in [-0.39, 0.29) is 11.8 Å². The fraction of sp³-hybridized carbons (Fsp3) is 0.545. The first-order valence-electron chi connectivity index (χ1n) is 9.24. The molecule has 7 atom stereocenters. The number of hydrogen-bond donors (Lipinski definition) is 1. The number of rotatable bonds is 6. The van der Waals surface area contributed by atoms with E-state index >= 15 is 0 Å². The molecular formula is C22H28O3. The maximum Gasteiger partial charge on any atom is 0.198 e. The molecule has 1 aromatic carbocycles. The summed E-state index contributed by atoms with van der Waals surface area (Å²) in [5.74, 6) is 0.00817. The van der Waals surface area contributed by atoms with Crippen molar-refractivity contribution in [3.63, 3.8) is 0 Å². The van der Waals surface area contributed by atoms with E-state index in [9.17, 15) is 5.11 Å². The van der Waals surface area contributed by atoms with Gasteiger partial charge in [0.25, 0.3) is 0 Å². The molecule has 2 saturated heterocycles. The predicted octanol–water partition coefficient (Wildman–Crippen LogP) is 4.05. The van der Waals surface area contributed by atoms with Crippen molar-refractivity contribution in [3.8, 4) is 0 Å². The standard InChI is InChI=1S/C22H28O3/c1-5-12-20-17-14-22(24-4,25-20)21(23,13-6-2)19(20)18(15(17)3)16-10-8-7-9-11-16/h5-11,15,17-19,23H,1-2,12-14H2,3-4H3/t15-,17-,18-,19+,20-,21+,22+/m0/s1. The molecule has 0 spiro atoms. The smallest absolute Gasteiger partial charge is 0.198 e. The Morgan fingerprint density at radius 2 is 1.92 bits per heavy atom. The number of benzene rings is 1. The molecule has 3 aliphatic rings. The molecule has 1 N–H and O–H groups in total. The molecule has 0 amide bonds. The highest BCUT2D eigenvalue weighted by atomic mass is 16.7. The lowest BCUT2D eigenvalue weighted by Gasteiger charge is -2.44. The number of methoxy groups -OCH3 is 1. The highest BCUT2D eigenvalue weighted by Gasteiger charge is 2.83. The van der Waals surface area contributed by atoms with E-state index in [4.69, 9.17) is 9.47 Å². The molecule has 1 aromatic rings. The third-order valence-electron chi connectivity index (χ3n) is 7.17. The maximum absolute atomic E-state index is 11.9. The monoisotopic (exact) mass is 340 g/mol. The van der Waals surface area contributed by atoms with Crippen LogP contribution in [0.2, 0.25) is 0 Å². The summed E-state index contributed by atoms with van der Waals surface area (Å²) in [7, 11) is 1.66. The number of ether oxygens (including phenoxy) is 2. The van der Waals surface area contributed by atoms with Gasteiger partial charge < -0.3 is 14.6 Å². The molecule has 3 heteroatoms. The van der Waals surface area contributed by atoms with Gasteiger partial charge >= 0.3 is 0 Å². The summed E-state index contributed by atoms with van der Waals surface area (Å²) < 4.78 is 12.5. The minimum absolute atomic E-state index is 0.0351. The fourth-order valence-corrected chi connectivity index (χ4v) is 6.39. The summed E-state index contributed by atoms with van der Waals surface area (Å²) in [6.07, 6.45) is 5.66. The number of hydrogen-bond acceptors (Lipinski definition) is 3. The molecule has 3 nitrogen and oxygen atoms in total. The Bertz CT molecular complexity index is 674. The average Bonchev–Trinajstić information content (AvgIpc) is 3.11. The van der Waals surface area contributed by atoms with Crippen LogP contribution in [0.15, 0.2) is 55.6 Å². The summed E-state index contributed by atoms with van der Waals surface area (Å²) in [5.41, 5.74) is -0.209. The van der Waals surface area contributed by atoms with Gasteiger partial charge in [-0.05, 0) is 36.2 Å². The third kappa shape index (κ3) is 1.87. The van der Waals surface area contributed by atoms with E-state index in [2.05, 4.69) is 44.3 Å². The van der Waals surface area contributed by atoms with Crippen LogP contribution in [0.4, 0.5) is 0 Å². The Morgan fingerprint density at radius 3 is 2.52 bits per heavy atom. The van der Waals surface area contributed by atoms with E-state index in [1.54, 1.807) is 13.2 Å². The zero-order valence-electron chi connectivity index (χ0n) is 15.2. The first-order valence-corrected chi connectivity index (χ1v) is 9.24. The van der Waals surface area contributed by atoms with Crippen LogP contribution in [-0.2, 0) is 9.47 Å². The molecule has 2 heterocycles. The van der Waals surface area contributed by atoms with Gasteiger partial charge in [0.15, 0.2) is 5.79 Å². The molecule has 2 aliphatic heterocycles. The van der Waals surface area contributed by atoms with Crippen LogP contribution < -0.4 is 0 Å². The number of fused-ring (bicyclic) bond motifs is 1.